The first-order chi connectivity index (χ1) is 14.1. The van der Waals surface area contributed by atoms with E-state index in [9.17, 15) is 4.79 Å². The average molecular weight is 391 g/mol. The van der Waals surface area contributed by atoms with Crippen LogP contribution in [0.15, 0.2) is 57.8 Å². The second-order valence-corrected chi connectivity index (χ2v) is 6.85. The van der Waals surface area contributed by atoms with Crippen LogP contribution in [0.1, 0.15) is 29.2 Å². The van der Waals surface area contributed by atoms with Gasteiger partial charge in [-0.2, -0.15) is 5.10 Å². The van der Waals surface area contributed by atoms with Crippen LogP contribution in [-0.2, 0) is 17.8 Å². The van der Waals surface area contributed by atoms with E-state index in [-0.39, 0.29) is 12.3 Å². The van der Waals surface area contributed by atoms with E-state index >= 15 is 0 Å². The van der Waals surface area contributed by atoms with Gasteiger partial charge in [-0.25, -0.2) is 0 Å². The Morgan fingerprint density at radius 2 is 1.97 bits per heavy atom. The van der Waals surface area contributed by atoms with Crippen LogP contribution < -0.4 is 5.32 Å². The summed E-state index contributed by atoms with van der Waals surface area (Å²) < 4.78 is 12.6. The molecule has 0 fully saturated rings. The third-order valence-corrected chi connectivity index (χ3v) is 4.50. The number of amides is 1. The molecule has 29 heavy (non-hydrogen) atoms. The summed E-state index contributed by atoms with van der Waals surface area (Å²) in [5.41, 5.74) is 3.78. The first kappa shape index (κ1) is 18.7. The van der Waals surface area contributed by atoms with Gasteiger partial charge in [0.15, 0.2) is 0 Å². The monoisotopic (exact) mass is 391 g/mol. The molecule has 3 heterocycles. The normalized spacial score (nSPS) is 11.0. The van der Waals surface area contributed by atoms with Gasteiger partial charge >= 0.3 is 0 Å². The minimum atomic E-state index is -0.140. The summed E-state index contributed by atoms with van der Waals surface area (Å²) in [4.78, 5) is 12.2. The molecule has 0 aliphatic carbocycles. The Balaban J connectivity index is 1.29. The van der Waals surface area contributed by atoms with E-state index in [2.05, 4.69) is 51.8 Å². The molecule has 0 saturated carbocycles. The highest BCUT2D eigenvalue weighted by atomic mass is 16.4. The van der Waals surface area contributed by atoms with Crippen LogP contribution in [-0.4, -0.2) is 25.9 Å². The van der Waals surface area contributed by atoms with Crippen LogP contribution >= 0.6 is 0 Å². The molecule has 0 radical (unpaired) electrons. The molecule has 4 aromatic rings. The third-order valence-electron chi connectivity index (χ3n) is 4.50. The number of benzene rings is 1. The molecule has 8 heteroatoms. The number of aryl methyl sites for hydroxylation is 3. The van der Waals surface area contributed by atoms with Gasteiger partial charge in [-0.1, -0.05) is 29.8 Å². The maximum absolute atomic E-state index is 12.2. The lowest BCUT2D eigenvalue weighted by molar-refractivity contribution is -0.116. The molecule has 0 aliphatic heterocycles. The molecule has 3 aromatic heterocycles. The van der Waals surface area contributed by atoms with Crippen LogP contribution in [0.5, 0.6) is 0 Å². The summed E-state index contributed by atoms with van der Waals surface area (Å²) in [6.07, 6.45) is 5.60. The van der Waals surface area contributed by atoms with Gasteiger partial charge < -0.3 is 14.2 Å². The smallest absolute Gasteiger partial charge is 0.251 e. The number of carbonyl (C=O) groups is 1. The van der Waals surface area contributed by atoms with Crippen LogP contribution in [0.25, 0.3) is 11.5 Å². The van der Waals surface area contributed by atoms with Crippen molar-refractivity contribution in [3.05, 3.63) is 71.8 Å². The lowest BCUT2D eigenvalue weighted by atomic mass is 10.1. The van der Waals surface area contributed by atoms with Crippen molar-refractivity contribution in [2.45, 2.75) is 33.2 Å². The lowest BCUT2D eigenvalue weighted by Gasteiger charge is -2.03. The highest BCUT2D eigenvalue weighted by molar-refractivity contribution is 5.90. The SMILES string of the molecule is Cc1ccc(Cn2cc(NC(=O)CCc3nnc(-c4ccoc4C)o3)cn2)cc1. The molecule has 0 bridgehead atoms. The summed E-state index contributed by atoms with van der Waals surface area (Å²) >= 11 is 0. The van der Waals surface area contributed by atoms with E-state index in [1.54, 1.807) is 23.2 Å². The van der Waals surface area contributed by atoms with Gasteiger partial charge in [0.1, 0.15) is 5.76 Å². The molecule has 4 rings (SSSR count). The number of rotatable bonds is 7. The minimum absolute atomic E-state index is 0.140. The van der Waals surface area contributed by atoms with Crippen molar-refractivity contribution < 1.29 is 13.6 Å². The van der Waals surface area contributed by atoms with Gasteiger partial charge in [0, 0.05) is 19.0 Å². The van der Waals surface area contributed by atoms with Gasteiger partial charge in [-0.3, -0.25) is 9.48 Å². The molecular formula is C21H21N5O3. The summed E-state index contributed by atoms with van der Waals surface area (Å²) in [6.45, 7) is 4.53. The molecule has 1 aromatic carbocycles. The first-order valence-corrected chi connectivity index (χ1v) is 9.31. The molecule has 148 valence electrons. The van der Waals surface area contributed by atoms with Crippen molar-refractivity contribution in [2.24, 2.45) is 0 Å². The molecule has 1 amide bonds. The maximum Gasteiger partial charge on any atom is 0.251 e. The number of nitrogens with zero attached hydrogens (tertiary/aromatic N) is 4. The summed E-state index contributed by atoms with van der Waals surface area (Å²) in [5, 5.41) is 15.1. The summed E-state index contributed by atoms with van der Waals surface area (Å²) in [6, 6.07) is 10.0. The lowest BCUT2D eigenvalue weighted by Crippen LogP contribution is -2.12. The average Bonchev–Trinajstić information content (AvgIpc) is 3.43. The Kier molecular flexibility index (Phi) is 5.24. The Morgan fingerprint density at radius 1 is 1.14 bits per heavy atom. The van der Waals surface area contributed by atoms with Crippen molar-refractivity contribution in [1.29, 1.82) is 0 Å². The number of carbonyl (C=O) groups excluding carboxylic acids is 1. The molecule has 8 nitrogen and oxygen atoms in total. The molecular weight excluding hydrogens is 370 g/mol. The van der Waals surface area contributed by atoms with Crippen molar-refractivity contribution in [1.82, 2.24) is 20.0 Å². The molecule has 1 N–H and O–H groups in total. The molecule has 0 unspecified atom stereocenters. The predicted molar refractivity (Wildman–Crippen MR) is 106 cm³/mol. The zero-order chi connectivity index (χ0) is 20.2. The Labute approximate surface area is 167 Å². The van der Waals surface area contributed by atoms with Crippen molar-refractivity contribution >= 4 is 11.6 Å². The van der Waals surface area contributed by atoms with E-state index in [1.807, 2.05) is 13.1 Å². The third kappa shape index (κ3) is 4.60. The van der Waals surface area contributed by atoms with E-state index in [4.69, 9.17) is 8.83 Å². The quantitative estimate of drug-likeness (QED) is 0.515. The first-order valence-electron chi connectivity index (χ1n) is 9.31. The second-order valence-electron chi connectivity index (χ2n) is 6.85. The number of hydrogen-bond acceptors (Lipinski definition) is 6. The topological polar surface area (TPSA) is 99.0 Å². The fourth-order valence-electron chi connectivity index (χ4n) is 2.91. The number of hydrogen-bond donors (Lipinski definition) is 1. The van der Waals surface area contributed by atoms with Gasteiger partial charge in [0.05, 0.1) is 30.3 Å². The molecule has 0 aliphatic rings. The standard InChI is InChI=1S/C21H21N5O3/c1-14-3-5-16(6-4-14)12-26-13-17(11-22-26)23-19(27)7-8-20-24-25-21(29-20)18-9-10-28-15(18)2/h3-6,9-11,13H,7-8,12H2,1-2H3,(H,23,27). The molecule has 0 spiro atoms. The number of nitrogens with one attached hydrogen (secondary N) is 1. The van der Waals surface area contributed by atoms with E-state index in [0.717, 1.165) is 11.1 Å². The minimum Gasteiger partial charge on any atom is -0.469 e. The second kappa shape index (κ2) is 8.14. The summed E-state index contributed by atoms with van der Waals surface area (Å²) in [7, 11) is 0. The Morgan fingerprint density at radius 3 is 2.72 bits per heavy atom. The van der Waals surface area contributed by atoms with Crippen molar-refractivity contribution in [2.75, 3.05) is 5.32 Å². The number of furan rings is 1. The molecule has 0 saturated heterocycles. The van der Waals surface area contributed by atoms with Crippen molar-refractivity contribution in [3.63, 3.8) is 0 Å². The zero-order valence-electron chi connectivity index (χ0n) is 16.3. The van der Waals surface area contributed by atoms with Crippen LogP contribution in [0.2, 0.25) is 0 Å². The van der Waals surface area contributed by atoms with Gasteiger partial charge in [0.25, 0.3) is 5.89 Å². The van der Waals surface area contributed by atoms with Gasteiger partial charge in [0.2, 0.25) is 11.8 Å². The number of anilines is 1. The van der Waals surface area contributed by atoms with Gasteiger partial charge in [-0.15, -0.1) is 10.2 Å². The van der Waals surface area contributed by atoms with E-state index < -0.39 is 0 Å². The van der Waals surface area contributed by atoms with Gasteiger partial charge in [-0.05, 0) is 25.5 Å². The highest BCUT2D eigenvalue weighted by Gasteiger charge is 2.14. The fraction of sp³-hybridized carbons (Fsp3) is 0.238. The number of aromatic nitrogens is 4. The highest BCUT2D eigenvalue weighted by Crippen LogP contribution is 2.23. The largest absolute Gasteiger partial charge is 0.469 e. The van der Waals surface area contributed by atoms with E-state index in [0.29, 0.717) is 36.2 Å². The van der Waals surface area contributed by atoms with Crippen LogP contribution in [0.3, 0.4) is 0 Å². The fourth-order valence-corrected chi connectivity index (χ4v) is 2.91. The van der Waals surface area contributed by atoms with Crippen LogP contribution in [0, 0.1) is 13.8 Å². The molecule has 0 atom stereocenters. The summed E-state index contributed by atoms with van der Waals surface area (Å²) in [5.74, 6) is 1.37. The van der Waals surface area contributed by atoms with E-state index in [1.165, 1.54) is 5.56 Å². The predicted octanol–water partition coefficient (Wildman–Crippen LogP) is 3.76. The zero-order valence-corrected chi connectivity index (χ0v) is 16.3. The Hall–Kier alpha value is -3.68. The Bertz CT molecular complexity index is 1110. The van der Waals surface area contributed by atoms with Crippen LogP contribution in [0.4, 0.5) is 5.69 Å². The maximum atomic E-state index is 12.2. The van der Waals surface area contributed by atoms with Crippen molar-refractivity contribution in [3.8, 4) is 11.5 Å².